The van der Waals surface area contributed by atoms with Gasteiger partial charge in [-0.1, -0.05) is 15.9 Å². The van der Waals surface area contributed by atoms with Crippen LogP contribution in [0.25, 0.3) is 0 Å². The number of anilines is 1. The summed E-state index contributed by atoms with van der Waals surface area (Å²) in [5.74, 6) is 0.101. The second-order valence-corrected chi connectivity index (χ2v) is 6.08. The number of carbonyl (C=O) groups excluding carboxylic acids is 1. The van der Waals surface area contributed by atoms with Gasteiger partial charge in [0.1, 0.15) is 5.75 Å². The van der Waals surface area contributed by atoms with Crippen LogP contribution in [0.4, 0.5) is 18.9 Å². The predicted octanol–water partition coefficient (Wildman–Crippen LogP) is 5.10. The van der Waals surface area contributed by atoms with Gasteiger partial charge < -0.3 is 10.1 Å². The Morgan fingerprint density at radius 2 is 1.67 bits per heavy atom. The third kappa shape index (κ3) is 4.74. The molecule has 0 bridgehead atoms. The van der Waals surface area contributed by atoms with Crippen LogP contribution >= 0.6 is 15.9 Å². The Hall–Kier alpha value is -2.02. The molecule has 3 nitrogen and oxygen atoms in total. The van der Waals surface area contributed by atoms with Crippen LogP contribution in [-0.2, 0) is 11.0 Å². The van der Waals surface area contributed by atoms with Gasteiger partial charge in [-0.3, -0.25) is 4.79 Å². The highest BCUT2D eigenvalue weighted by molar-refractivity contribution is 9.10. The van der Waals surface area contributed by atoms with E-state index in [1.807, 2.05) is 13.8 Å². The van der Waals surface area contributed by atoms with E-state index in [-0.39, 0.29) is 12.3 Å². The molecule has 0 aliphatic rings. The average molecular weight is 402 g/mol. The average Bonchev–Trinajstić information content (AvgIpc) is 2.50. The number of carbonyl (C=O) groups is 1. The van der Waals surface area contributed by atoms with Crippen molar-refractivity contribution >= 4 is 27.5 Å². The number of rotatable bonds is 4. The molecule has 7 heteroatoms. The van der Waals surface area contributed by atoms with E-state index < -0.39 is 17.6 Å². The Kier molecular flexibility index (Phi) is 5.54. The molecule has 1 amide bonds. The molecular formula is C17H15BrF3NO2. The zero-order chi connectivity index (χ0) is 17.9. The van der Waals surface area contributed by atoms with Crippen LogP contribution in [0.15, 0.2) is 40.9 Å². The molecule has 24 heavy (non-hydrogen) atoms. The molecule has 0 aromatic heterocycles. The van der Waals surface area contributed by atoms with E-state index in [2.05, 4.69) is 21.2 Å². The molecule has 0 radical (unpaired) electrons. The molecule has 0 fully saturated rings. The topological polar surface area (TPSA) is 38.3 Å². The maximum Gasteiger partial charge on any atom is 0.416 e. The first-order valence-electron chi connectivity index (χ1n) is 7.03. The van der Waals surface area contributed by atoms with Crippen molar-refractivity contribution in [1.29, 1.82) is 0 Å². The number of amides is 1. The van der Waals surface area contributed by atoms with E-state index in [0.29, 0.717) is 5.75 Å². The van der Waals surface area contributed by atoms with Gasteiger partial charge in [0.2, 0.25) is 0 Å². The summed E-state index contributed by atoms with van der Waals surface area (Å²) < 4.78 is 43.8. The van der Waals surface area contributed by atoms with Gasteiger partial charge >= 0.3 is 6.18 Å². The lowest BCUT2D eigenvalue weighted by molar-refractivity contribution is -0.137. The summed E-state index contributed by atoms with van der Waals surface area (Å²) in [4.78, 5) is 11.8. The van der Waals surface area contributed by atoms with Crippen LogP contribution in [-0.4, -0.2) is 12.5 Å². The van der Waals surface area contributed by atoms with Gasteiger partial charge in [0.25, 0.3) is 5.91 Å². The SMILES string of the molecule is Cc1cc(OCC(=O)Nc2ccc(C(F)(F)F)cc2)cc(C)c1Br. The summed E-state index contributed by atoms with van der Waals surface area (Å²) in [5.41, 5.74) is 1.47. The number of nitrogens with one attached hydrogen (secondary N) is 1. The van der Waals surface area contributed by atoms with E-state index in [9.17, 15) is 18.0 Å². The molecule has 2 rings (SSSR count). The quantitative estimate of drug-likeness (QED) is 0.773. The van der Waals surface area contributed by atoms with Crippen molar-refractivity contribution in [2.75, 3.05) is 11.9 Å². The van der Waals surface area contributed by atoms with Gasteiger partial charge in [-0.2, -0.15) is 13.2 Å². The smallest absolute Gasteiger partial charge is 0.416 e. The van der Waals surface area contributed by atoms with Crippen LogP contribution in [0, 0.1) is 13.8 Å². The summed E-state index contributed by atoms with van der Waals surface area (Å²) in [7, 11) is 0. The minimum absolute atomic E-state index is 0.235. The lowest BCUT2D eigenvalue weighted by Crippen LogP contribution is -2.20. The molecule has 0 unspecified atom stereocenters. The first-order valence-corrected chi connectivity index (χ1v) is 7.83. The minimum Gasteiger partial charge on any atom is -0.484 e. The van der Waals surface area contributed by atoms with Crippen LogP contribution in [0.1, 0.15) is 16.7 Å². The Morgan fingerprint density at radius 1 is 1.12 bits per heavy atom. The van der Waals surface area contributed by atoms with E-state index in [0.717, 1.165) is 27.7 Å². The Morgan fingerprint density at radius 3 is 2.17 bits per heavy atom. The van der Waals surface area contributed by atoms with Crippen molar-refractivity contribution in [2.24, 2.45) is 0 Å². The molecule has 128 valence electrons. The zero-order valence-corrected chi connectivity index (χ0v) is 14.6. The van der Waals surface area contributed by atoms with Gasteiger partial charge in [0.15, 0.2) is 6.61 Å². The zero-order valence-electron chi connectivity index (χ0n) is 13.0. The maximum atomic E-state index is 12.5. The van der Waals surface area contributed by atoms with Crippen molar-refractivity contribution in [3.63, 3.8) is 0 Å². The first-order chi connectivity index (χ1) is 11.2. The molecule has 0 aliphatic heterocycles. The molecule has 0 atom stereocenters. The van der Waals surface area contributed by atoms with E-state index in [1.54, 1.807) is 12.1 Å². The van der Waals surface area contributed by atoms with Crippen molar-refractivity contribution in [2.45, 2.75) is 20.0 Å². The fourth-order valence-corrected chi connectivity index (χ4v) is 2.31. The highest BCUT2D eigenvalue weighted by Gasteiger charge is 2.29. The highest BCUT2D eigenvalue weighted by atomic mass is 79.9. The number of halogens is 4. The van der Waals surface area contributed by atoms with Crippen molar-refractivity contribution < 1.29 is 22.7 Å². The first kappa shape index (κ1) is 18.3. The van der Waals surface area contributed by atoms with Crippen LogP contribution < -0.4 is 10.1 Å². The van der Waals surface area contributed by atoms with E-state index >= 15 is 0 Å². The number of hydrogen-bond donors (Lipinski definition) is 1. The van der Waals surface area contributed by atoms with Crippen molar-refractivity contribution in [3.8, 4) is 5.75 Å². The van der Waals surface area contributed by atoms with E-state index in [4.69, 9.17) is 4.74 Å². The molecule has 0 saturated carbocycles. The number of benzene rings is 2. The van der Waals surface area contributed by atoms with Gasteiger partial charge in [0.05, 0.1) is 5.56 Å². The third-order valence-electron chi connectivity index (χ3n) is 3.28. The summed E-state index contributed by atoms with van der Waals surface area (Å²) in [6.07, 6.45) is -4.40. The monoisotopic (exact) mass is 401 g/mol. The van der Waals surface area contributed by atoms with Gasteiger partial charge in [-0.15, -0.1) is 0 Å². The molecule has 0 heterocycles. The van der Waals surface area contributed by atoms with Crippen LogP contribution in [0.3, 0.4) is 0 Å². The van der Waals surface area contributed by atoms with Gasteiger partial charge in [-0.05, 0) is 61.4 Å². The molecule has 0 saturated heterocycles. The number of ether oxygens (including phenoxy) is 1. The number of alkyl halides is 3. The number of aryl methyl sites for hydroxylation is 2. The minimum atomic E-state index is -4.40. The standard InChI is InChI=1S/C17H15BrF3NO2/c1-10-7-14(8-11(2)16(10)18)24-9-15(23)22-13-5-3-12(4-6-13)17(19,20)21/h3-8H,9H2,1-2H3,(H,22,23). The van der Waals surface area contributed by atoms with Crippen molar-refractivity contribution in [3.05, 3.63) is 57.6 Å². The molecule has 0 aliphatic carbocycles. The van der Waals surface area contributed by atoms with E-state index in [1.165, 1.54) is 12.1 Å². The predicted molar refractivity (Wildman–Crippen MR) is 89.2 cm³/mol. The second-order valence-electron chi connectivity index (χ2n) is 5.28. The normalized spacial score (nSPS) is 11.2. The van der Waals surface area contributed by atoms with Crippen molar-refractivity contribution in [1.82, 2.24) is 0 Å². The van der Waals surface area contributed by atoms with Gasteiger partial charge in [0, 0.05) is 10.2 Å². The summed E-state index contributed by atoms with van der Waals surface area (Å²) in [5, 5.41) is 2.49. The summed E-state index contributed by atoms with van der Waals surface area (Å²) in [6, 6.07) is 7.82. The lowest BCUT2D eigenvalue weighted by atomic mass is 10.1. The van der Waals surface area contributed by atoms with Crippen LogP contribution in [0.2, 0.25) is 0 Å². The largest absolute Gasteiger partial charge is 0.484 e. The second kappa shape index (κ2) is 7.25. The Bertz CT molecular complexity index is 719. The fourth-order valence-electron chi connectivity index (χ4n) is 2.08. The Balaban J connectivity index is 1.94. The van der Waals surface area contributed by atoms with Crippen LogP contribution in [0.5, 0.6) is 5.75 Å². The highest BCUT2D eigenvalue weighted by Crippen LogP contribution is 2.30. The molecule has 1 N–H and O–H groups in total. The summed E-state index contributed by atoms with van der Waals surface area (Å²) >= 11 is 3.44. The lowest BCUT2D eigenvalue weighted by Gasteiger charge is -2.11. The summed E-state index contributed by atoms with van der Waals surface area (Å²) in [6.45, 7) is 3.58. The maximum absolute atomic E-state index is 12.5. The molecule has 2 aromatic carbocycles. The Labute approximate surface area is 146 Å². The molecule has 2 aromatic rings. The van der Waals surface area contributed by atoms with Gasteiger partial charge in [-0.25, -0.2) is 0 Å². The third-order valence-corrected chi connectivity index (χ3v) is 4.53. The molecule has 0 spiro atoms. The molecular weight excluding hydrogens is 387 g/mol. The fraction of sp³-hybridized carbons (Fsp3) is 0.235. The number of hydrogen-bond acceptors (Lipinski definition) is 2.